The zero-order valence-electron chi connectivity index (χ0n) is 11.5. The predicted molar refractivity (Wildman–Crippen MR) is 75.5 cm³/mol. The van der Waals surface area contributed by atoms with E-state index >= 15 is 0 Å². The highest BCUT2D eigenvalue weighted by molar-refractivity contribution is 5.38. The van der Waals surface area contributed by atoms with Crippen LogP contribution in [0, 0.1) is 17.7 Å². The average Bonchev–Trinajstić information content (AvgIpc) is 2.42. The second kappa shape index (κ2) is 7.39. The normalized spacial score (nSPS) is 19.4. The molecule has 0 bridgehead atoms. The Balaban J connectivity index is 2.05. The Hall–Kier alpha value is -1.41. The van der Waals surface area contributed by atoms with Crippen LogP contribution in [0.2, 0.25) is 0 Å². The first-order chi connectivity index (χ1) is 9.69. The Kier molecular flexibility index (Phi) is 5.54. The standard InChI is InChI=1S/C16H20FNO2/c17-16-7-6-13(10-14(16)4-1-2-9-19)11-18-8-3-5-15(20)12-18/h6-7,10,15,19-20H,2-3,5,8-9,11-12H2. The van der Waals surface area contributed by atoms with Gasteiger partial charge in [0.2, 0.25) is 0 Å². The fraction of sp³-hybridized carbons (Fsp3) is 0.500. The molecule has 0 spiro atoms. The van der Waals surface area contributed by atoms with Crippen LogP contribution < -0.4 is 0 Å². The molecule has 1 aliphatic heterocycles. The molecule has 0 aliphatic carbocycles. The van der Waals surface area contributed by atoms with Crippen molar-refractivity contribution in [1.29, 1.82) is 0 Å². The Bertz CT molecular complexity index is 507. The molecule has 1 aromatic rings. The fourth-order valence-electron chi connectivity index (χ4n) is 2.41. The molecule has 0 aromatic heterocycles. The van der Waals surface area contributed by atoms with E-state index in [2.05, 4.69) is 16.7 Å². The highest BCUT2D eigenvalue weighted by atomic mass is 19.1. The van der Waals surface area contributed by atoms with Gasteiger partial charge < -0.3 is 10.2 Å². The zero-order chi connectivity index (χ0) is 14.4. The Labute approximate surface area is 119 Å². The summed E-state index contributed by atoms with van der Waals surface area (Å²) in [7, 11) is 0. The lowest BCUT2D eigenvalue weighted by Gasteiger charge is -2.30. The van der Waals surface area contributed by atoms with Crippen LogP contribution in [-0.4, -0.2) is 40.9 Å². The number of piperidine rings is 1. The molecular formula is C16H20FNO2. The van der Waals surface area contributed by atoms with Gasteiger partial charge in [0, 0.05) is 19.5 Å². The van der Waals surface area contributed by atoms with Crippen molar-refractivity contribution in [2.75, 3.05) is 19.7 Å². The minimum Gasteiger partial charge on any atom is -0.395 e. The minimum atomic E-state index is -0.335. The smallest absolute Gasteiger partial charge is 0.138 e. The lowest BCUT2D eigenvalue weighted by Crippen LogP contribution is -2.37. The number of aliphatic hydroxyl groups is 2. The van der Waals surface area contributed by atoms with Crippen molar-refractivity contribution in [3.05, 3.63) is 35.1 Å². The fourth-order valence-corrected chi connectivity index (χ4v) is 2.41. The van der Waals surface area contributed by atoms with Crippen molar-refractivity contribution >= 4 is 0 Å². The number of halogens is 1. The monoisotopic (exact) mass is 277 g/mol. The molecular weight excluding hydrogens is 257 g/mol. The molecule has 1 heterocycles. The Morgan fingerprint density at radius 2 is 2.25 bits per heavy atom. The summed E-state index contributed by atoms with van der Waals surface area (Å²) >= 11 is 0. The van der Waals surface area contributed by atoms with Crippen LogP contribution in [0.3, 0.4) is 0 Å². The molecule has 20 heavy (non-hydrogen) atoms. The van der Waals surface area contributed by atoms with Gasteiger partial charge in [-0.15, -0.1) is 0 Å². The molecule has 1 atom stereocenters. The molecule has 1 aliphatic rings. The summed E-state index contributed by atoms with van der Waals surface area (Å²) in [6.07, 6.45) is 1.94. The maximum absolute atomic E-state index is 13.6. The van der Waals surface area contributed by atoms with Crippen molar-refractivity contribution in [3.63, 3.8) is 0 Å². The molecule has 2 rings (SSSR count). The first-order valence-electron chi connectivity index (χ1n) is 6.97. The van der Waals surface area contributed by atoms with Gasteiger partial charge in [0.1, 0.15) is 5.82 Å². The largest absolute Gasteiger partial charge is 0.395 e. The molecule has 108 valence electrons. The molecule has 3 nitrogen and oxygen atoms in total. The topological polar surface area (TPSA) is 43.7 Å². The summed E-state index contributed by atoms with van der Waals surface area (Å²) < 4.78 is 13.6. The summed E-state index contributed by atoms with van der Waals surface area (Å²) in [5.74, 6) is 5.15. The van der Waals surface area contributed by atoms with Crippen molar-refractivity contribution in [1.82, 2.24) is 4.90 Å². The van der Waals surface area contributed by atoms with Crippen LogP contribution in [0.1, 0.15) is 30.4 Å². The quantitative estimate of drug-likeness (QED) is 0.823. The van der Waals surface area contributed by atoms with Crippen LogP contribution in [0.5, 0.6) is 0 Å². The summed E-state index contributed by atoms with van der Waals surface area (Å²) in [5.41, 5.74) is 1.36. The van der Waals surface area contributed by atoms with Gasteiger partial charge in [-0.3, -0.25) is 4.90 Å². The highest BCUT2D eigenvalue weighted by Gasteiger charge is 2.17. The van der Waals surface area contributed by atoms with E-state index in [0.29, 0.717) is 25.1 Å². The van der Waals surface area contributed by atoms with E-state index < -0.39 is 0 Å². The molecule has 2 N–H and O–H groups in total. The van der Waals surface area contributed by atoms with Crippen LogP contribution in [0.15, 0.2) is 18.2 Å². The lowest BCUT2D eigenvalue weighted by molar-refractivity contribution is 0.0668. The van der Waals surface area contributed by atoms with Gasteiger partial charge in [-0.2, -0.15) is 0 Å². The van der Waals surface area contributed by atoms with Crippen molar-refractivity contribution < 1.29 is 14.6 Å². The van der Waals surface area contributed by atoms with E-state index in [9.17, 15) is 9.50 Å². The maximum atomic E-state index is 13.6. The third-order valence-corrected chi connectivity index (χ3v) is 3.38. The molecule has 1 unspecified atom stereocenters. The van der Waals surface area contributed by atoms with E-state index in [4.69, 9.17) is 5.11 Å². The number of hydrogen-bond donors (Lipinski definition) is 2. The van der Waals surface area contributed by atoms with Crippen molar-refractivity contribution in [3.8, 4) is 11.8 Å². The van der Waals surface area contributed by atoms with E-state index in [1.54, 1.807) is 12.1 Å². The van der Waals surface area contributed by atoms with E-state index in [0.717, 1.165) is 24.9 Å². The number of likely N-dealkylation sites (tertiary alicyclic amines) is 1. The Morgan fingerprint density at radius 3 is 3.00 bits per heavy atom. The van der Waals surface area contributed by atoms with Gasteiger partial charge in [-0.05, 0) is 37.1 Å². The minimum absolute atomic E-state index is 0.0139. The molecule has 1 aromatic carbocycles. The maximum Gasteiger partial charge on any atom is 0.138 e. The zero-order valence-corrected chi connectivity index (χ0v) is 11.5. The van der Waals surface area contributed by atoms with Gasteiger partial charge in [0.15, 0.2) is 0 Å². The Morgan fingerprint density at radius 1 is 1.40 bits per heavy atom. The van der Waals surface area contributed by atoms with Crippen LogP contribution in [0.25, 0.3) is 0 Å². The van der Waals surface area contributed by atoms with Gasteiger partial charge in [0.05, 0.1) is 18.3 Å². The van der Waals surface area contributed by atoms with E-state index in [1.807, 2.05) is 0 Å². The van der Waals surface area contributed by atoms with Gasteiger partial charge in [-0.25, -0.2) is 4.39 Å². The number of β-amino-alcohol motifs (C(OH)–C–C–N with tert-alkyl or cyclic N) is 1. The van der Waals surface area contributed by atoms with E-state index in [-0.39, 0.29) is 18.5 Å². The van der Waals surface area contributed by atoms with Crippen LogP contribution >= 0.6 is 0 Å². The summed E-state index contributed by atoms with van der Waals surface area (Å²) in [6.45, 7) is 2.31. The molecule has 0 amide bonds. The number of nitrogens with zero attached hydrogens (tertiary/aromatic N) is 1. The molecule has 4 heteroatoms. The van der Waals surface area contributed by atoms with Crippen molar-refractivity contribution in [2.24, 2.45) is 0 Å². The van der Waals surface area contributed by atoms with Gasteiger partial charge >= 0.3 is 0 Å². The molecule has 1 saturated heterocycles. The molecule has 0 saturated carbocycles. The molecule has 1 fully saturated rings. The predicted octanol–water partition coefficient (Wildman–Crippen LogP) is 1.52. The van der Waals surface area contributed by atoms with Crippen LogP contribution in [-0.2, 0) is 6.54 Å². The summed E-state index contributed by atoms with van der Waals surface area (Å²) in [4.78, 5) is 2.17. The van der Waals surface area contributed by atoms with Gasteiger partial charge in [-0.1, -0.05) is 17.9 Å². The number of aliphatic hydroxyl groups excluding tert-OH is 2. The number of rotatable bonds is 3. The molecule has 0 radical (unpaired) electrons. The second-order valence-electron chi connectivity index (χ2n) is 5.12. The highest BCUT2D eigenvalue weighted by Crippen LogP contribution is 2.16. The SMILES string of the molecule is OCCC#Cc1cc(CN2CCCC(O)C2)ccc1F. The first-order valence-corrected chi connectivity index (χ1v) is 6.97. The van der Waals surface area contributed by atoms with Crippen LogP contribution in [0.4, 0.5) is 4.39 Å². The average molecular weight is 277 g/mol. The van der Waals surface area contributed by atoms with E-state index in [1.165, 1.54) is 6.07 Å². The van der Waals surface area contributed by atoms with Crippen molar-refractivity contribution in [2.45, 2.75) is 31.9 Å². The summed E-state index contributed by atoms with van der Waals surface area (Å²) in [6, 6.07) is 4.94. The first kappa shape index (κ1) is 15.0. The third kappa shape index (κ3) is 4.31. The lowest BCUT2D eigenvalue weighted by atomic mass is 10.1. The number of hydrogen-bond acceptors (Lipinski definition) is 3. The third-order valence-electron chi connectivity index (χ3n) is 3.38. The number of benzene rings is 1. The van der Waals surface area contributed by atoms with Gasteiger partial charge in [0.25, 0.3) is 0 Å². The second-order valence-corrected chi connectivity index (χ2v) is 5.12. The summed E-state index contributed by atoms with van der Waals surface area (Å²) in [5, 5.41) is 18.3.